The average Bonchev–Trinajstić information content (AvgIpc) is 2.71. The van der Waals surface area contributed by atoms with Crippen LogP contribution in [0.1, 0.15) is 16.5 Å². The van der Waals surface area contributed by atoms with Crippen molar-refractivity contribution in [1.82, 2.24) is 0 Å². The van der Waals surface area contributed by atoms with Crippen LogP contribution in [0.25, 0.3) is 0 Å². The highest BCUT2D eigenvalue weighted by molar-refractivity contribution is 9.10. The number of aliphatic hydroxyl groups is 1. The van der Waals surface area contributed by atoms with E-state index in [4.69, 9.17) is 11.6 Å². The first kappa shape index (κ1) is 13.9. The third kappa shape index (κ3) is 2.91. The molecule has 1 heterocycles. The minimum Gasteiger partial charge on any atom is -0.388 e. The molecule has 6 heteroatoms. The predicted molar refractivity (Wildman–Crippen MR) is 72.1 cm³/mol. The molecular weight excluding hydrogens is 346 g/mol. The van der Waals surface area contributed by atoms with E-state index in [-0.39, 0.29) is 4.47 Å². The van der Waals surface area contributed by atoms with Crippen LogP contribution >= 0.6 is 38.9 Å². The average molecular weight is 354 g/mol. The van der Waals surface area contributed by atoms with Crippen LogP contribution in [0, 0.1) is 11.6 Å². The summed E-state index contributed by atoms with van der Waals surface area (Å²) in [6, 6.07) is 5.89. The second kappa shape index (κ2) is 5.65. The molecule has 1 nitrogen and oxygen atoms in total. The number of hydrogen-bond acceptors (Lipinski definition) is 2. The van der Waals surface area contributed by atoms with Gasteiger partial charge < -0.3 is 5.11 Å². The third-order valence-electron chi connectivity index (χ3n) is 2.45. The highest BCUT2D eigenvalue weighted by Gasteiger charge is 2.18. The van der Waals surface area contributed by atoms with Gasteiger partial charge in [0.1, 0.15) is 0 Å². The van der Waals surface area contributed by atoms with E-state index in [0.717, 1.165) is 10.9 Å². The number of thiophene rings is 1. The van der Waals surface area contributed by atoms with Gasteiger partial charge in [-0.3, -0.25) is 0 Å². The van der Waals surface area contributed by atoms with Crippen LogP contribution in [0.15, 0.2) is 28.7 Å². The molecule has 0 aliphatic rings. The van der Waals surface area contributed by atoms with Gasteiger partial charge in [-0.05, 0) is 39.7 Å². The molecule has 1 aromatic carbocycles. The van der Waals surface area contributed by atoms with Crippen molar-refractivity contribution in [3.05, 3.63) is 55.1 Å². The molecule has 0 aliphatic carbocycles. The number of hydrogen-bond donors (Lipinski definition) is 1. The zero-order chi connectivity index (χ0) is 13.3. The molecule has 0 aliphatic heterocycles. The number of rotatable bonds is 3. The maximum atomic E-state index is 13.3. The van der Waals surface area contributed by atoms with Crippen molar-refractivity contribution in [2.24, 2.45) is 0 Å². The van der Waals surface area contributed by atoms with E-state index in [1.165, 1.54) is 17.4 Å². The fourth-order valence-electron chi connectivity index (χ4n) is 1.56. The van der Waals surface area contributed by atoms with Gasteiger partial charge in [-0.1, -0.05) is 17.7 Å². The van der Waals surface area contributed by atoms with Crippen LogP contribution in [0.5, 0.6) is 0 Å². The molecule has 2 aromatic rings. The first-order valence-corrected chi connectivity index (χ1v) is 7.03. The highest BCUT2D eigenvalue weighted by Crippen LogP contribution is 2.31. The Kier molecular flexibility index (Phi) is 4.37. The summed E-state index contributed by atoms with van der Waals surface area (Å²) in [4.78, 5) is 0.879. The summed E-state index contributed by atoms with van der Waals surface area (Å²) in [6.07, 6.45) is -0.606. The second-order valence-corrected chi connectivity index (χ2v) is 6.28. The summed E-state index contributed by atoms with van der Waals surface area (Å²) in [7, 11) is 0. The summed E-state index contributed by atoms with van der Waals surface area (Å²) in [5.41, 5.74) is 0.318. The molecule has 96 valence electrons. The van der Waals surface area contributed by atoms with Gasteiger partial charge in [0.15, 0.2) is 11.6 Å². The molecule has 0 saturated heterocycles. The monoisotopic (exact) mass is 352 g/mol. The molecule has 0 fully saturated rings. The van der Waals surface area contributed by atoms with E-state index in [1.807, 2.05) is 0 Å². The Morgan fingerprint density at radius 1 is 1.28 bits per heavy atom. The Morgan fingerprint density at radius 3 is 2.61 bits per heavy atom. The van der Waals surface area contributed by atoms with Crippen LogP contribution in [0.2, 0.25) is 4.34 Å². The SMILES string of the molecule is OC(Cc1ccc(Cl)s1)c1ccc(F)c(F)c1Br. The van der Waals surface area contributed by atoms with Crippen molar-refractivity contribution in [1.29, 1.82) is 0 Å². The van der Waals surface area contributed by atoms with Gasteiger partial charge in [-0.2, -0.15) is 0 Å². The Hall–Kier alpha value is -0.490. The molecular formula is C12H8BrClF2OS. The molecule has 1 unspecified atom stereocenters. The standard InChI is InChI=1S/C12H8BrClF2OS/c13-11-7(2-3-8(15)12(11)16)9(17)5-6-1-4-10(14)18-6/h1-4,9,17H,5H2. The molecule has 0 spiro atoms. The second-order valence-electron chi connectivity index (χ2n) is 3.69. The predicted octanol–water partition coefficient (Wildman–Crippen LogP) is 4.72. The Bertz CT molecular complexity index is 573. The molecule has 0 radical (unpaired) electrons. The smallest absolute Gasteiger partial charge is 0.173 e. The quantitative estimate of drug-likeness (QED) is 0.792. The summed E-state index contributed by atoms with van der Waals surface area (Å²) >= 11 is 10.1. The Morgan fingerprint density at radius 2 is 2.00 bits per heavy atom. The number of halogens is 4. The molecule has 18 heavy (non-hydrogen) atoms. The van der Waals surface area contributed by atoms with E-state index in [2.05, 4.69) is 15.9 Å². The molecule has 0 amide bonds. The van der Waals surface area contributed by atoms with E-state index < -0.39 is 17.7 Å². The van der Waals surface area contributed by atoms with Crippen molar-refractivity contribution in [3.63, 3.8) is 0 Å². The first-order chi connectivity index (χ1) is 8.49. The molecule has 0 saturated carbocycles. The zero-order valence-electron chi connectivity index (χ0n) is 8.96. The van der Waals surface area contributed by atoms with Gasteiger partial charge in [0, 0.05) is 11.3 Å². The summed E-state index contributed by atoms with van der Waals surface area (Å²) in [5, 5.41) is 10.0. The van der Waals surface area contributed by atoms with Crippen molar-refractivity contribution in [3.8, 4) is 0 Å². The van der Waals surface area contributed by atoms with E-state index in [0.29, 0.717) is 16.3 Å². The molecule has 1 aromatic heterocycles. The van der Waals surface area contributed by atoms with Crippen molar-refractivity contribution >= 4 is 38.9 Å². The lowest BCUT2D eigenvalue weighted by molar-refractivity contribution is 0.178. The number of aliphatic hydroxyl groups excluding tert-OH is 1. The summed E-state index contributed by atoms with van der Waals surface area (Å²) in [5.74, 6) is -1.94. The highest BCUT2D eigenvalue weighted by atomic mass is 79.9. The van der Waals surface area contributed by atoms with Crippen LogP contribution in [-0.2, 0) is 6.42 Å². The maximum absolute atomic E-state index is 13.3. The molecule has 0 bridgehead atoms. The first-order valence-electron chi connectivity index (χ1n) is 5.04. The van der Waals surface area contributed by atoms with Crippen molar-refractivity contribution < 1.29 is 13.9 Å². The molecule has 1 atom stereocenters. The van der Waals surface area contributed by atoms with Crippen LogP contribution in [0.4, 0.5) is 8.78 Å². The van der Waals surface area contributed by atoms with E-state index in [1.54, 1.807) is 12.1 Å². The Balaban J connectivity index is 2.24. The van der Waals surface area contributed by atoms with Gasteiger partial charge >= 0.3 is 0 Å². The maximum Gasteiger partial charge on any atom is 0.173 e. The molecule has 1 N–H and O–H groups in total. The fraction of sp³-hybridized carbons (Fsp3) is 0.167. The van der Waals surface area contributed by atoms with Gasteiger partial charge in [0.05, 0.1) is 14.9 Å². The topological polar surface area (TPSA) is 20.2 Å². The van der Waals surface area contributed by atoms with E-state index in [9.17, 15) is 13.9 Å². The lowest BCUT2D eigenvalue weighted by Crippen LogP contribution is -2.03. The van der Waals surface area contributed by atoms with Gasteiger partial charge in [0.25, 0.3) is 0 Å². The Labute approximate surface area is 120 Å². The van der Waals surface area contributed by atoms with Crippen LogP contribution < -0.4 is 0 Å². The minimum absolute atomic E-state index is 0.0438. The summed E-state index contributed by atoms with van der Waals surface area (Å²) in [6.45, 7) is 0. The minimum atomic E-state index is -0.990. The van der Waals surface area contributed by atoms with Gasteiger partial charge in [-0.15, -0.1) is 11.3 Å². The normalized spacial score (nSPS) is 12.7. The summed E-state index contributed by atoms with van der Waals surface area (Å²) < 4.78 is 26.9. The lowest BCUT2D eigenvalue weighted by atomic mass is 10.1. The zero-order valence-corrected chi connectivity index (χ0v) is 12.1. The van der Waals surface area contributed by atoms with Gasteiger partial charge in [0.2, 0.25) is 0 Å². The lowest BCUT2D eigenvalue weighted by Gasteiger charge is -2.12. The third-order valence-corrected chi connectivity index (χ3v) is 4.51. The fourth-order valence-corrected chi connectivity index (χ4v) is 3.27. The number of benzene rings is 1. The van der Waals surface area contributed by atoms with Crippen molar-refractivity contribution in [2.45, 2.75) is 12.5 Å². The molecule has 2 rings (SSSR count). The van der Waals surface area contributed by atoms with Crippen LogP contribution in [0.3, 0.4) is 0 Å². The largest absolute Gasteiger partial charge is 0.388 e. The van der Waals surface area contributed by atoms with Crippen molar-refractivity contribution in [2.75, 3.05) is 0 Å². The van der Waals surface area contributed by atoms with E-state index >= 15 is 0 Å². The van der Waals surface area contributed by atoms with Gasteiger partial charge in [-0.25, -0.2) is 8.78 Å². The van der Waals surface area contributed by atoms with Crippen LogP contribution in [-0.4, -0.2) is 5.11 Å².